The molecule has 0 unspecified atom stereocenters. The van der Waals surface area contributed by atoms with E-state index in [2.05, 4.69) is 21.2 Å². The van der Waals surface area contributed by atoms with Crippen LogP contribution >= 0.6 is 15.9 Å². The van der Waals surface area contributed by atoms with Crippen molar-refractivity contribution < 1.29 is 19.1 Å². The second-order valence-electron chi connectivity index (χ2n) is 6.41. The van der Waals surface area contributed by atoms with Crippen LogP contribution in [0.5, 0.6) is 5.75 Å². The van der Waals surface area contributed by atoms with Gasteiger partial charge in [-0.3, -0.25) is 14.3 Å². The molecule has 0 radical (unpaired) electrons. The molecular weight excluding hydrogens is 454 g/mol. The molecule has 2 aromatic carbocycles. The van der Waals surface area contributed by atoms with Crippen molar-refractivity contribution in [2.45, 2.75) is 6.92 Å². The van der Waals surface area contributed by atoms with Gasteiger partial charge in [0.25, 0.3) is 11.5 Å². The number of anilines is 1. The number of hydrogen-bond acceptors (Lipinski definition) is 5. The van der Waals surface area contributed by atoms with Gasteiger partial charge in [0.2, 0.25) is 0 Å². The van der Waals surface area contributed by atoms with E-state index in [4.69, 9.17) is 9.47 Å². The summed E-state index contributed by atoms with van der Waals surface area (Å²) in [4.78, 5) is 37.5. The maximum absolute atomic E-state index is 12.8. The minimum atomic E-state index is -0.692. The fourth-order valence-corrected chi connectivity index (χ4v) is 3.29. The summed E-state index contributed by atoms with van der Waals surface area (Å²) in [5.74, 6) is -0.827. The summed E-state index contributed by atoms with van der Waals surface area (Å²) < 4.78 is 13.8. The standard InChI is InChI=1S/C21H20BrN3O5/c1-13-19(20(27)25(24(13)2)14-7-5-4-6-8-14)23-18(26)12-30-21(28)16-11-15(29-3)9-10-17(16)22/h4-11H,12H2,1-3H3,(H,23,26). The largest absolute Gasteiger partial charge is 0.497 e. The van der Waals surface area contributed by atoms with Gasteiger partial charge in [0.15, 0.2) is 6.61 Å². The summed E-state index contributed by atoms with van der Waals surface area (Å²) in [6, 6.07) is 13.9. The fraction of sp³-hybridized carbons (Fsp3) is 0.190. The van der Waals surface area contributed by atoms with Crippen LogP contribution in [0.15, 0.2) is 57.8 Å². The van der Waals surface area contributed by atoms with Gasteiger partial charge in [0, 0.05) is 11.5 Å². The van der Waals surface area contributed by atoms with Crippen molar-refractivity contribution >= 4 is 33.5 Å². The first kappa shape index (κ1) is 21.4. The molecule has 0 aliphatic rings. The van der Waals surface area contributed by atoms with Gasteiger partial charge < -0.3 is 14.8 Å². The molecule has 0 saturated carbocycles. The highest BCUT2D eigenvalue weighted by Gasteiger charge is 2.20. The molecule has 1 aromatic heterocycles. The van der Waals surface area contributed by atoms with Crippen molar-refractivity contribution in [3.63, 3.8) is 0 Å². The third kappa shape index (κ3) is 4.30. The van der Waals surface area contributed by atoms with Crippen LogP contribution in [0.25, 0.3) is 5.69 Å². The molecule has 3 aromatic rings. The minimum Gasteiger partial charge on any atom is -0.497 e. The van der Waals surface area contributed by atoms with E-state index in [-0.39, 0.29) is 16.8 Å². The predicted molar refractivity (Wildman–Crippen MR) is 115 cm³/mol. The van der Waals surface area contributed by atoms with Gasteiger partial charge in [-0.2, -0.15) is 0 Å². The van der Waals surface area contributed by atoms with Crippen molar-refractivity contribution in [2.24, 2.45) is 7.05 Å². The minimum absolute atomic E-state index is 0.130. The number of halogens is 1. The topological polar surface area (TPSA) is 91.6 Å². The van der Waals surface area contributed by atoms with Crippen molar-refractivity contribution in [3.05, 3.63) is 74.6 Å². The van der Waals surface area contributed by atoms with Crippen LogP contribution in [0, 0.1) is 6.92 Å². The molecule has 0 fully saturated rings. The lowest BCUT2D eigenvalue weighted by Crippen LogP contribution is -2.26. The highest BCUT2D eigenvalue weighted by molar-refractivity contribution is 9.10. The van der Waals surface area contributed by atoms with Crippen LogP contribution in [0.3, 0.4) is 0 Å². The lowest BCUT2D eigenvalue weighted by atomic mass is 10.2. The zero-order valence-electron chi connectivity index (χ0n) is 16.6. The van der Waals surface area contributed by atoms with Gasteiger partial charge in [-0.1, -0.05) is 18.2 Å². The Morgan fingerprint density at radius 2 is 1.83 bits per heavy atom. The third-order valence-electron chi connectivity index (χ3n) is 4.55. The molecule has 1 amide bonds. The molecule has 0 aliphatic heterocycles. The van der Waals surface area contributed by atoms with E-state index in [0.29, 0.717) is 21.6 Å². The Hall–Kier alpha value is -3.33. The van der Waals surface area contributed by atoms with Crippen LogP contribution in [-0.4, -0.2) is 35.0 Å². The summed E-state index contributed by atoms with van der Waals surface area (Å²) in [6.45, 7) is 1.18. The highest BCUT2D eigenvalue weighted by Crippen LogP contribution is 2.23. The number of aromatic nitrogens is 2. The lowest BCUT2D eigenvalue weighted by Gasteiger charge is -2.08. The van der Waals surface area contributed by atoms with Gasteiger partial charge in [-0.25, -0.2) is 9.48 Å². The molecule has 1 heterocycles. The van der Waals surface area contributed by atoms with Crippen LogP contribution in [0.4, 0.5) is 5.69 Å². The summed E-state index contributed by atoms with van der Waals surface area (Å²) >= 11 is 3.27. The average molecular weight is 474 g/mol. The maximum atomic E-state index is 12.8. The smallest absolute Gasteiger partial charge is 0.339 e. The summed E-state index contributed by atoms with van der Waals surface area (Å²) in [5.41, 5.74) is 1.22. The number of amides is 1. The second kappa shape index (κ2) is 9.00. The molecule has 9 heteroatoms. The Balaban J connectivity index is 1.73. The molecule has 156 valence electrons. The summed E-state index contributed by atoms with van der Waals surface area (Å²) in [6.07, 6.45) is 0. The number of nitrogens with zero attached hydrogens (tertiary/aromatic N) is 2. The molecule has 8 nitrogen and oxygen atoms in total. The Morgan fingerprint density at radius 3 is 2.50 bits per heavy atom. The van der Waals surface area contributed by atoms with Crippen molar-refractivity contribution in [1.29, 1.82) is 0 Å². The van der Waals surface area contributed by atoms with Crippen LogP contribution in [0.1, 0.15) is 16.1 Å². The van der Waals surface area contributed by atoms with Crippen LogP contribution in [0.2, 0.25) is 0 Å². The van der Waals surface area contributed by atoms with E-state index in [9.17, 15) is 14.4 Å². The van der Waals surface area contributed by atoms with Crippen LogP contribution in [-0.2, 0) is 16.6 Å². The normalized spacial score (nSPS) is 10.5. The molecule has 30 heavy (non-hydrogen) atoms. The molecule has 0 spiro atoms. The predicted octanol–water partition coefficient (Wildman–Crippen LogP) is 3.05. The van der Waals surface area contributed by atoms with Gasteiger partial charge in [0.05, 0.1) is 24.1 Å². The van der Waals surface area contributed by atoms with Crippen LogP contribution < -0.4 is 15.6 Å². The number of methoxy groups -OCH3 is 1. The van der Waals surface area contributed by atoms with E-state index < -0.39 is 18.5 Å². The van der Waals surface area contributed by atoms with E-state index in [1.165, 1.54) is 17.9 Å². The van der Waals surface area contributed by atoms with Crippen molar-refractivity contribution in [1.82, 2.24) is 9.36 Å². The molecule has 1 N–H and O–H groups in total. The fourth-order valence-electron chi connectivity index (χ4n) is 2.88. The molecule has 0 bridgehead atoms. The number of para-hydroxylation sites is 1. The van der Waals surface area contributed by atoms with Crippen molar-refractivity contribution in [3.8, 4) is 11.4 Å². The number of rotatable bonds is 6. The quantitative estimate of drug-likeness (QED) is 0.555. The molecule has 0 aliphatic carbocycles. The third-order valence-corrected chi connectivity index (χ3v) is 5.24. The first-order valence-corrected chi connectivity index (χ1v) is 9.77. The molecule has 0 saturated heterocycles. The number of esters is 1. The van der Waals surface area contributed by atoms with E-state index in [0.717, 1.165) is 0 Å². The maximum Gasteiger partial charge on any atom is 0.339 e. The van der Waals surface area contributed by atoms with E-state index in [1.807, 2.05) is 18.2 Å². The number of carbonyl (C=O) groups excluding carboxylic acids is 2. The SMILES string of the molecule is COc1ccc(Br)c(C(=O)OCC(=O)Nc2c(C)n(C)n(-c3ccccc3)c2=O)c1. The number of ether oxygens (including phenoxy) is 2. The molecular formula is C21H20BrN3O5. The van der Waals surface area contributed by atoms with Gasteiger partial charge in [-0.05, 0) is 53.2 Å². The van der Waals surface area contributed by atoms with Gasteiger partial charge >= 0.3 is 5.97 Å². The number of hydrogen-bond donors (Lipinski definition) is 1. The Labute approximate surface area is 181 Å². The summed E-state index contributed by atoms with van der Waals surface area (Å²) in [5, 5.41) is 2.55. The average Bonchev–Trinajstić information content (AvgIpc) is 2.96. The zero-order chi connectivity index (χ0) is 21.8. The highest BCUT2D eigenvalue weighted by atomic mass is 79.9. The van der Waals surface area contributed by atoms with E-state index >= 15 is 0 Å². The number of nitrogens with one attached hydrogen (secondary N) is 1. The monoisotopic (exact) mass is 473 g/mol. The summed E-state index contributed by atoms with van der Waals surface area (Å²) in [7, 11) is 3.20. The van der Waals surface area contributed by atoms with Crippen molar-refractivity contribution in [2.75, 3.05) is 19.0 Å². The first-order chi connectivity index (χ1) is 14.3. The molecule has 3 rings (SSSR count). The molecule has 0 atom stereocenters. The van der Waals surface area contributed by atoms with E-state index in [1.54, 1.807) is 42.9 Å². The number of carbonyl (C=O) groups is 2. The lowest BCUT2D eigenvalue weighted by molar-refractivity contribution is -0.119. The Kier molecular flexibility index (Phi) is 6.41. The first-order valence-electron chi connectivity index (χ1n) is 8.98. The number of benzene rings is 2. The Bertz CT molecular complexity index is 1150. The Morgan fingerprint density at radius 1 is 1.13 bits per heavy atom. The van der Waals surface area contributed by atoms with Gasteiger partial charge in [-0.15, -0.1) is 0 Å². The zero-order valence-corrected chi connectivity index (χ0v) is 18.2. The second-order valence-corrected chi connectivity index (χ2v) is 7.26. The van der Waals surface area contributed by atoms with Gasteiger partial charge in [0.1, 0.15) is 11.4 Å².